The number of nitrogens with one attached hydrogen (secondary N) is 2. The molecule has 2 rings (SSSR count). The van der Waals surface area contributed by atoms with Crippen LogP contribution in [0.2, 0.25) is 0 Å². The van der Waals surface area contributed by atoms with Crippen molar-refractivity contribution < 1.29 is 4.79 Å². The molecule has 110 valence electrons. The molecule has 0 radical (unpaired) electrons. The molecule has 0 heterocycles. The molecule has 1 aromatic rings. The third-order valence-electron chi connectivity index (χ3n) is 3.94. The highest BCUT2D eigenvalue weighted by Crippen LogP contribution is 2.21. The summed E-state index contributed by atoms with van der Waals surface area (Å²) >= 11 is 0. The number of hydrogen-bond donors (Lipinski definition) is 2. The van der Waals surface area contributed by atoms with Gasteiger partial charge in [-0.15, -0.1) is 0 Å². The van der Waals surface area contributed by atoms with Crippen LogP contribution in [0.5, 0.6) is 0 Å². The number of rotatable bonds is 4. The Labute approximate surface area is 122 Å². The zero-order valence-electron chi connectivity index (χ0n) is 12.5. The summed E-state index contributed by atoms with van der Waals surface area (Å²) in [5, 5.41) is 6.45. The predicted molar refractivity (Wildman–Crippen MR) is 84.2 cm³/mol. The van der Waals surface area contributed by atoms with E-state index in [0.29, 0.717) is 12.6 Å². The first-order valence-corrected chi connectivity index (χ1v) is 7.94. The molecule has 0 aromatic heterocycles. The Kier molecular flexibility index (Phi) is 5.90. The summed E-state index contributed by atoms with van der Waals surface area (Å²) in [4.78, 5) is 11.9. The van der Waals surface area contributed by atoms with Crippen molar-refractivity contribution in [3.05, 3.63) is 29.8 Å². The fourth-order valence-corrected chi connectivity index (χ4v) is 2.85. The summed E-state index contributed by atoms with van der Waals surface area (Å²) in [7, 11) is 0. The Bertz CT molecular complexity index is 423. The van der Waals surface area contributed by atoms with Gasteiger partial charge >= 0.3 is 0 Å². The van der Waals surface area contributed by atoms with E-state index in [1.54, 1.807) is 0 Å². The highest BCUT2D eigenvalue weighted by Gasteiger charge is 2.12. The van der Waals surface area contributed by atoms with E-state index < -0.39 is 0 Å². The lowest BCUT2D eigenvalue weighted by Gasteiger charge is -2.22. The van der Waals surface area contributed by atoms with Crippen molar-refractivity contribution in [2.24, 2.45) is 0 Å². The van der Waals surface area contributed by atoms with Gasteiger partial charge < -0.3 is 10.6 Å². The summed E-state index contributed by atoms with van der Waals surface area (Å²) in [6.07, 6.45) is 9.21. The molecular weight excluding hydrogens is 248 g/mol. The number of hydrogen-bond acceptors (Lipinski definition) is 2. The zero-order valence-corrected chi connectivity index (χ0v) is 12.5. The van der Waals surface area contributed by atoms with Crippen LogP contribution in [0.25, 0.3) is 0 Å². The number of carbonyl (C=O) groups is 1. The average Bonchev–Trinajstić information content (AvgIpc) is 2.42. The third kappa shape index (κ3) is 4.55. The minimum absolute atomic E-state index is 0.00816. The number of amides is 1. The van der Waals surface area contributed by atoms with E-state index >= 15 is 0 Å². The Morgan fingerprint density at radius 1 is 1.15 bits per heavy atom. The molecule has 1 aromatic carbocycles. The van der Waals surface area contributed by atoms with Crippen molar-refractivity contribution in [3.63, 3.8) is 0 Å². The van der Waals surface area contributed by atoms with E-state index in [2.05, 4.69) is 16.7 Å². The molecule has 0 unspecified atom stereocenters. The Morgan fingerprint density at radius 2 is 1.85 bits per heavy atom. The molecule has 1 amide bonds. The Balaban J connectivity index is 1.97. The lowest BCUT2D eigenvalue weighted by molar-refractivity contribution is 0.0956. The molecule has 0 saturated heterocycles. The lowest BCUT2D eigenvalue weighted by atomic mass is 9.96. The van der Waals surface area contributed by atoms with Crippen LogP contribution in [0.4, 0.5) is 5.69 Å². The average molecular weight is 274 g/mol. The Hall–Kier alpha value is -1.51. The second kappa shape index (κ2) is 7.93. The van der Waals surface area contributed by atoms with Crippen LogP contribution >= 0.6 is 0 Å². The monoisotopic (exact) mass is 274 g/mol. The molecule has 1 fully saturated rings. The van der Waals surface area contributed by atoms with Crippen molar-refractivity contribution in [1.82, 2.24) is 5.32 Å². The fourth-order valence-electron chi connectivity index (χ4n) is 2.85. The van der Waals surface area contributed by atoms with Crippen LogP contribution in [0.3, 0.4) is 0 Å². The van der Waals surface area contributed by atoms with Crippen LogP contribution in [-0.4, -0.2) is 18.5 Å². The minimum atomic E-state index is 0.00816. The van der Waals surface area contributed by atoms with Gasteiger partial charge in [0.05, 0.1) is 0 Å². The third-order valence-corrected chi connectivity index (χ3v) is 3.94. The van der Waals surface area contributed by atoms with Gasteiger partial charge in [-0.05, 0) is 38.0 Å². The zero-order chi connectivity index (χ0) is 14.2. The first-order chi connectivity index (χ1) is 9.79. The second-order valence-corrected chi connectivity index (χ2v) is 5.63. The summed E-state index contributed by atoms with van der Waals surface area (Å²) < 4.78 is 0. The maximum Gasteiger partial charge on any atom is 0.251 e. The molecular formula is C17H26N2O. The maximum absolute atomic E-state index is 11.9. The molecule has 0 bridgehead atoms. The van der Waals surface area contributed by atoms with Crippen LogP contribution in [0.1, 0.15) is 62.2 Å². The van der Waals surface area contributed by atoms with Crippen molar-refractivity contribution in [2.45, 2.75) is 57.9 Å². The van der Waals surface area contributed by atoms with E-state index in [-0.39, 0.29) is 5.91 Å². The van der Waals surface area contributed by atoms with Gasteiger partial charge in [0.15, 0.2) is 0 Å². The van der Waals surface area contributed by atoms with Gasteiger partial charge in [-0.2, -0.15) is 0 Å². The number of benzene rings is 1. The molecule has 0 aliphatic heterocycles. The van der Waals surface area contributed by atoms with Crippen LogP contribution < -0.4 is 10.6 Å². The second-order valence-electron chi connectivity index (χ2n) is 5.63. The largest absolute Gasteiger partial charge is 0.382 e. The molecule has 1 saturated carbocycles. The highest BCUT2D eigenvalue weighted by atomic mass is 16.1. The highest BCUT2D eigenvalue weighted by molar-refractivity contribution is 5.95. The maximum atomic E-state index is 11.9. The van der Waals surface area contributed by atoms with Crippen LogP contribution in [-0.2, 0) is 0 Å². The van der Waals surface area contributed by atoms with Gasteiger partial charge in [0.2, 0.25) is 0 Å². The van der Waals surface area contributed by atoms with Gasteiger partial charge in [0, 0.05) is 23.8 Å². The van der Waals surface area contributed by atoms with E-state index in [9.17, 15) is 4.79 Å². The van der Waals surface area contributed by atoms with Gasteiger partial charge in [0.25, 0.3) is 5.91 Å². The summed E-state index contributed by atoms with van der Waals surface area (Å²) in [5.74, 6) is 0.00816. The van der Waals surface area contributed by atoms with Gasteiger partial charge in [-0.1, -0.05) is 38.2 Å². The van der Waals surface area contributed by atoms with Crippen molar-refractivity contribution in [1.29, 1.82) is 0 Å². The van der Waals surface area contributed by atoms with Crippen LogP contribution in [0, 0.1) is 0 Å². The smallest absolute Gasteiger partial charge is 0.251 e. The molecule has 1 aliphatic carbocycles. The van der Waals surface area contributed by atoms with Gasteiger partial charge in [-0.25, -0.2) is 0 Å². The predicted octanol–water partition coefficient (Wildman–Crippen LogP) is 3.96. The summed E-state index contributed by atoms with van der Waals surface area (Å²) in [6.45, 7) is 2.60. The molecule has 0 atom stereocenters. The van der Waals surface area contributed by atoms with Crippen LogP contribution in [0.15, 0.2) is 24.3 Å². The molecule has 20 heavy (non-hydrogen) atoms. The number of carbonyl (C=O) groups excluding carboxylic acids is 1. The molecule has 1 aliphatic rings. The Morgan fingerprint density at radius 3 is 2.55 bits per heavy atom. The summed E-state index contributed by atoms with van der Waals surface area (Å²) in [5.41, 5.74) is 1.81. The molecule has 0 spiro atoms. The normalized spacial score (nSPS) is 17.1. The van der Waals surface area contributed by atoms with Crippen molar-refractivity contribution >= 4 is 11.6 Å². The lowest BCUT2D eigenvalue weighted by Crippen LogP contribution is -2.23. The van der Waals surface area contributed by atoms with E-state index in [0.717, 1.165) is 11.3 Å². The molecule has 3 nitrogen and oxygen atoms in total. The summed E-state index contributed by atoms with van der Waals surface area (Å²) in [6, 6.07) is 8.40. The first kappa shape index (κ1) is 14.9. The SMILES string of the molecule is CCNC(=O)c1cccc(NC2CCCCCCC2)c1. The molecule has 3 heteroatoms. The quantitative estimate of drug-likeness (QED) is 0.872. The molecule has 2 N–H and O–H groups in total. The minimum Gasteiger partial charge on any atom is -0.382 e. The van der Waals surface area contributed by atoms with Gasteiger partial charge in [0.1, 0.15) is 0 Å². The standard InChI is InChI=1S/C17H26N2O/c1-2-18-17(20)14-9-8-12-16(13-14)19-15-10-6-4-3-5-7-11-15/h8-9,12-13,15,19H,2-7,10-11H2,1H3,(H,18,20). The van der Waals surface area contributed by atoms with E-state index in [4.69, 9.17) is 0 Å². The van der Waals surface area contributed by atoms with E-state index in [1.165, 1.54) is 44.9 Å². The van der Waals surface area contributed by atoms with Crippen molar-refractivity contribution in [3.8, 4) is 0 Å². The van der Waals surface area contributed by atoms with E-state index in [1.807, 2.05) is 25.1 Å². The number of anilines is 1. The fraction of sp³-hybridized carbons (Fsp3) is 0.588. The first-order valence-electron chi connectivity index (χ1n) is 7.94. The van der Waals surface area contributed by atoms with Gasteiger partial charge in [-0.3, -0.25) is 4.79 Å². The topological polar surface area (TPSA) is 41.1 Å². The van der Waals surface area contributed by atoms with Crippen molar-refractivity contribution in [2.75, 3.05) is 11.9 Å².